The van der Waals surface area contributed by atoms with Gasteiger partial charge in [-0.2, -0.15) is 0 Å². The van der Waals surface area contributed by atoms with Gasteiger partial charge in [0.05, 0.1) is 0 Å². The summed E-state index contributed by atoms with van der Waals surface area (Å²) in [5.41, 5.74) is 11.1. The van der Waals surface area contributed by atoms with E-state index in [4.69, 9.17) is 22.0 Å². The quantitative estimate of drug-likeness (QED) is 0.525. The second kappa shape index (κ2) is 9.21. The predicted molar refractivity (Wildman–Crippen MR) is 60.7 cm³/mol. The fraction of sp³-hybridized carbons (Fsp3) is 0.714. The summed E-state index contributed by atoms with van der Waals surface area (Å²) in [6.45, 7) is 1.59. The lowest BCUT2D eigenvalue weighted by molar-refractivity contribution is -0.138. The molecule has 0 saturated heterocycles. The van der Waals surface area contributed by atoms with Gasteiger partial charge < -0.3 is 22.0 Å². The summed E-state index contributed by atoms with van der Waals surface area (Å²) in [5.74, 6) is -1.02. The SMILES string of the molecule is CC(=N)C(N)CC[C@H](N)C(=O)O.Cl.Cl. The van der Waals surface area contributed by atoms with Gasteiger partial charge in [0.15, 0.2) is 0 Å². The van der Waals surface area contributed by atoms with Crippen molar-refractivity contribution < 1.29 is 9.90 Å². The van der Waals surface area contributed by atoms with E-state index in [2.05, 4.69) is 0 Å². The topological polar surface area (TPSA) is 113 Å². The van der Waals surface area contributed by atoms with E-state index in [-0.39, 0.29) is 30.9 Å². The van der Waals surface area contributed by atoms with Crippen molar-refractivity contribution in [2.45, 2.75) is 31.8 Å². The highest BCUT2D eigenvalue weighted by molar-refractivity contribution is 5.85. The zero-order valence-electron chi connectivity index (χ0n) is 7.90. The van der Waals surface area contributed by atoms with Gasteiger partial charge in [0.2, 0.25) is 0 Å². The number of nitrogens with one attached hydrogen (secondary N) is 1. The van der Waals surface area contributed by atoms with E-state index in [0.29, 0.717) is 18.6 Å². The van der Waals surface area contributed by atoms with Gasteiger partial charge in [0.1, 0.15) is 6.04 Å². The first-order chi connectivity index (χ1) is 5.45. The smallest absolute Gasteiger partial charge is 0.320 e. The average molecular weight is 246 g/mol. The van der Waals surface area contributed by atoms with Crippen molar-refractivity contribution in [3.63, 3.8) is 0 Å². The van der Waals surface area contributed by atoms with Crippen LogP contribution in [0.3, 0.4) is 0 Å². The molecule has 5 nitrogen and oxygen atoms in total. The van der Waals surface area contributed by atoms with Crippen LogP contribution in [0.25, 0.3) is 0 Å². The highest BCUT2D eigenvalue weighted by Crippen LogP contribution is 1.99. The van der Waals surface area contributed by atoms with E-state index >= 15 is 0 Å². The molecule has 0 aromatic carbocycles. The monoisotopic (exact) mass is 245 g/mol. The molecule has 0 aliphatic heterocycles. The van der Waals surface area contributed by atoms with Gasteiger partial charge in [-0.3, -0.25) is 4.79 Å². The first kappa shape index (κ1) is 19.2. The molecule has 0 aliphatic rings. The van der Waals surface area contributed by atoms with Crippen molar-refractivity contribution in [2.75, 3.05) is 0 Å². The van der Waals surface area contributed by atoms with Gasteiger partial charge in [0, 0.05) is 11.8 Å². The summed E-state index contributed by atoms with van der Waals surface area (Å²) in [6.07, 6.45) is 0.759. The molecule has 0 bridgehead atoms. The first-order valence-electron chi connectivity index (χ1n) is 3.74. The van der Waals surface area contributed by atoms with Crippen LogP contribution in [0.5, 0.6) is 0 Å². The van der Waals surface area contributed by atoms with Gasteiger partial charge in [0.25, 0.3) is 0 Å². The Morgan fingerprint density at radius 2 is 1.64 bits per heavy atom. The van der Waals surface area contributed by atoms with Crippen molar-refractivity contribution in [1.29, 1.82) is 5.41 Å². The Balaban J connectivity index is -0.000000605. The second-order valence-corrected chi connectivity index (χ2v) is 2.81. The molecular formula is C7H17Cl2N3O2. The zero-order chi connectivity index (χ0) is 9.72. The molecule has 0 spiro atoms. The van der Waals surface area contributed by atoms with Crippen LogP contribution in [-0.2, 0) is 4.79 Å². The number of carboxylic acid groups (broad SMARTS) is 1. The van der Waals surface area contributed by atoms with Crippen LogP contribution in [0.4, 0.5) is 0 Å². The molecule has 1 unspecified atom stereocenters. The summed E-state index contributed by atoms with van der Waals surface area (Å²) in [7, 11) is 0. The van der Waals surface area contributed by atoms with Crippen LogP contribution in [0.15, 0.2) is 0 Å². The van der Waals surface area contributed by atoms with Crippen molar-refractivity contribution in [2.24, 2.45) is 11.5 Å². The molecule has 0 amide bonds. The normalized spacial score (nSPS) is 13.1. The van der Waals surface area contributed by atoms with E-state index in [1.807, 2.05) is 0 Å². The fourth-order valence-electron chi connectivity index (χ4n) is 0.699. The summed E-state index contributed by atoms with van der Waals surface area (Å²) < 4.78 is 0. The minimum absolute atomic E-state index is 0. The number of halogens is 2. The number of carbonyl (C=O) groups is 1. The summed E-state index contributed by atoms with van der Waals surface area (Å²) >= 11 is 0. The Kier molecular flexibility index (Phi) is 12.7. The molecule has 0 aromatic rings. The molecule has 0 rings (SSSR count). The maximum atomic E-state index is 10.3. The second-order valence-electron chi connectivity index (χ2n) is 2.81. The van der Waals surface area contributed by atoms with E-state index in [0.717, 1.165) is 0 Å². The minimum atomic E-state index is -1.02. The molecule has 0 aromatic heterocycles. The van der Waals surface area contributed by atoms with E-state index < -0.39 is 12.0 Å². The van der Waals surface area contributed by atoms with Crippen LogP contribution >= 0.6 is 24.8 Å². The van der Waals surface area contributed by atoms with Crippen molar-refractivity contribution in [1.82, 2.24) is 0 Å². The maximum absolute atomic E-state index is 10.3. The Hall–Kier alpha value is -0.360. The number of carboxylic acids is 1. The summed E-state index contributed by atoms with van der Waals surface area (Å²) in [5, 5.41) is 15.6. The highest BCUT2D eigenvalue weighted by atomic mass is 35.5. The predicted octanol–water partition coefficient (Wildman–Crippen LogP) is 0.389. The van der Waals surface area contributed by atoms with Gasteiger partial charge >= 0.3 is 5.97 Å². The lowest BCUT2D eigenvalue weighted by Crippen LogP contribution is -2.34. The Morgan fingerprint density at radius 1 is 1.29 bits per heavy atom. The molecule has 0 aliphatic carbocycles. The molecule has 0 saturated carbocycles. The number of nitrogens with two attached hydrogens (primary N) is 2. The Labute approximate surface area is 95.6 Å². The van der Waals surface area contributed by atoms with Crippen LogP contribution in [0.1, 0.15) is 19.8 Å². The van der Waals surface area contributed by atoms with Crippen LogP contribution < -0.4 is 11.5 Å². The number of aliphatic carboxylic acids is 1. The third-order valence-electron chi connectivity index (χ3n) is 1.66. The van der Waals surface area contributed by atoms with E-state index in [1.54, 1.807) is 6.92 Å². The average Bonchev–Trinajstić information content (AvgIpc) is 1.98. The van der Waals surface area contributed by atoms with Gasteiger partial charge in [-0.15, -0.1) is 24.8 Å². The fourth-order valence-corrected chi connectivity index (χ4v) is 0.699. The van der Waals surface area contributed by atoms with Crippen LogP contribution in [0.2, 0.25) is 0 Å². The first-order valence-corrected chi connectivity index (χ1v) is 3.74. The zero-order valence-corrected chi connectivity index (χ0v) is 9.53. The van der Waals surface area contributed by atoms with Crippen molar-refractivity contribution >= 4 is 36.5 Å². The highest BCUT2D eigenvalue weighted by Gasteiger charge is 2.13. The van der Waals surface area contributed by atoms with E-state index in [1.165, 1.54) is 0 Å². The largest absolute Gasteiger partial charge is 0.480 e. The molecule has 7 heteroatoms. The summed E-state index contributed by atoms with van der Waals surface area (Å²) in [6, 6.07) is -1.23. The van der Waals surface area contributed by atoms with E-state index in [9.17, 15) is 4.79 Å². The number of rotatable bonds is 5. The molecule has 14 heavy (non-hydrogen) atoms. The molecule has 0 fully saturated rings. The molecule has 0 radical (unpaired) electrons. The van der Waals surface area contributed by atoms with Crippen LogP contribution in [-0.4, -0.2) is 28.9 Å². The maximum Gasteiger partial charge on any atom is 0.320 e. The molecule has 6 N–H and O–H groups in total. The molecule has 0 heterocycles. The lowest BCUT2D eigenvalue weighted by atomic mass is 10.0. The third-order valence-corrected chi connectivity index (χ3v) is 1.66. The van der Waals surface area contributed by atoms with Crippen molar-refractivity contribution in [3.8, 4) is 0 Å². The Bertz CT molecular complexity index is 170. The summed E-state index contributed by atoms with van der Waals surface area (Å²) in [4.78, 5) is 10.3. The molecular weight excluding hydrogens is 229 g/mol. The lowest BCUT2D eigenvalue weighted by Gasteiger charge is -2.11. The number of hydrogen-bond acceptors (Lipinski definition) is 4. The number of hydrogen-bond donors (Lipinski definition) is 4. The van der Waals surface area contributed by atoms with Gasteiger partial charge in [-0.25, -0.2) is 0 Å². The third kappa shape index (κ3) is 8.25. The van der Waals surface area contributed by atoms with Gasteiger partial charge in [-0.1, -0.05) is 0 Å². The van der Waals surface area contributed by atoms with Gasteiger partial charge in [-0.05, 0) is 19.8 Å². The Morgan fingerprint density at radius 3 is 1.93 bits per heavy atom. The standard InChI is InChI=1S/C7H15N3O2.2ClH/c1-4(8)5(9)2-3-6(10)7(11)12;;/h5-6,8H,2-3,9-10H2,1H3,(H,11,12);2*1H/t5?,6-;;/m0../s1. The minimum Gasteiger partial charge on any atom is -0.480 e. The van der Waals surface area contributed by atoms with Crippen LogP contribution in [0, 0.1) is 5.41 Å². The van der Waals surface area contributed by atoms with Crippen molar-refractivity contribution in [3.05, 3.63) is 0 Å². The molecule has 2 atom stereocenters. The molecule has 86 valence electrons.